The van der Waals surface area contributed by atoms with E-state index >= 15 is 0 Å². The summed E-state index contributed by atoms with van der Waals surface area (Å²) in [5.41, 5.74) is 5.86. The summed E-state index contributed by atoms with van der Waals surface area (Å²) < 4.78 is 13.5. The first kappa shape index (κ1) is 17.3. The lowest BCUT2D eigenvalue weighted by Gasteiger charge is -2.20. The summed E-state index contributed by atoms with van der Waals surface area (Å²) in [5.74, 6) is -0.303. The van der Waals surface area contributed by atoms with E-state index in [1.807, 2.05) is 24.3 Å². The Kier molecular flexibility index (Phi) is 4.14. The number of fused-ring (bicyclic) bond motifs is 1. The second-order valence-corrected chi connectivity index (χ2v) is 6.68. The molecule has 0 aliphatic carbocycles. The third kappa shape index (κ3) is 3.07. The molecule has 0 unspecified atom stereocenters. The maximum Gasteiger partial charge on any atom is 0.156 e. The van der Waals surface area contributed by atoms with Gasteiger partial charge in [0.05, 0.1) is 18.4 Å². The molecule has 0 fully saturated rings. The summed E-state index contributed by atoms with van der Waals surface area (Å²) in [6, 6.07) is 10.1. The Morgan fingerprint density at radius 1 is 1.00 bits per heavy atom. The zero-order chi connectivity index (χ0) is 19.8. The van der Waals surface area contributed by atoms with Crippen LogP contribution in [0.4, 0.5) is 4.39 Å². The highest BCUT2D eigenvalue weighted by Gasteiger charge is 2.22. The molecule has 3 aromatic heterocycles. The molecule has 0 amide bonds. The lowest BCUT2D eigenvalue weighted by Crippen LogP contribution is -2.14. The molecule has 0 atom stereocenters. The van der Waals surface area contributed by atoms with E-state index in [0.29, 0.717) is 17.9 Å². The van der Waals surface area contributed by atoms with Crippen LogP contribution >= 0.6 is 0 Å². The van der Waals surface area contributed by atoms with Crippen molar-refractivity contribution >= 4 is 16.6 Å². The van der Waals surface area contributed by atoms with Crippen molar-refractivity contribution in [3.8, 4) is 22.4 Å². The Labute approximate surface area is 165 Å². The fourth-order valence-electron chi connectivity index (χ4n) is 3.56. The summed E-state index contributed by atoms with van der Waals surface area (Å²) in [4.78, 5) is 8.94. The number of pyridine rings is 2. The van der Waals surface area contributed by atoms with Crippen LogP contribution in [0.5, 0.6) is 0 Å². The summed E-state index contributed by atoms with van der Waals surface area (Å²) in [5, 5.41) is 18.8. The number of halogens is 1. The van der Waals surface area contributed by atoms with Crippen molar-refractivity contribution in [3.63, 3.8) is 0 Å². The number of benzene rings is 1. The minimum Gasteiger partial charge on any atom is -0.289 e. The van der Waals surface area contributed by atoms with E-state index in [1.54, 1.807) is 36.9 Å². The number of allylic oxidation sites excluding steroid dienone is 2. The highest BCUT2D eigenvalue weighted by molar-refractivity contribution is 6.04. The van der Waals surface area contributed by atoms with Crippen molar-refractivity contribution in [2.45, 2.75) is 0 Å². The molecule has 5 rings (SSSR count). The van der Waals surface area contributed by atoms with Gasteiger partial charge in [-0.15, -0.1) is 0 Å². The number of hydrogen-bond acceptors (Lipinski definition) is 5. The van der Waals surface area contributed by atoms with Crippen LogP contribution in [-0.4, -0.2) is 37.0 Å². The average molecular weight is 385 g/mol. The zero-order valence-electron chi connectivity index (χ0n) is 15.2. The Hall–Kier alpha value is -3.84. The van der Waals surface area contributed by atoms with Crippen LogP contribution < -0.4 is 0 Å². The quantitative estimate of drug-likeness (QED) is 0.546. The molecular formula is C22H16FN5O. The number of hydrogen-bond donors (Lipinski definition) is 2. The van der Waals surface area contributed by atoms with Crippen molar-refractivity contribution in [1.82, 2.24) is 25.2 Å². The Bertz CT molecular complexity index is 1250. The molecule has 1 aliphatic heterocycles. The molecule has 0 saturated carbocycles. The predicted octanol–water partition coefficient (Wildman–Crippen LogP) is 4.43. The number of nitrogens with one attached hydrogen (secondary N) is 1. The van der Waals surface area contributed by atoms with Crippen LogP contribution in [0.1, 0.15) is 5.56 Å². The normalized spacial score (nSPS) is 13.7. The lowest BCUT2D eigenvalue weighted by molar-refractivity contribution is -0.0299. The standard InChI is InChI=1S/C22H16FN5O/c23-17-3-1-16(2-4-17)21-20(14-5-9-24-10-6-14)19(15-7-11-28(29)12-8-15)18-13-25-27-22(18)26-21/h1-11,13,29H,12H2,(H,25,26,27). The summed E-state index contributed by atoms with van der Waals surface area (Å²) in [6.07, 6.45) is 10.6. The largest absolute Gasteiger partial charge is 0.289 e. The van der Waals surface area contributed by atoms with Gasteiger partial charge in [-0.1, -0.05) is 6.08 Å². The molecule has 1 aliphatic rings. The van der Waals surface area contributed by atoms with E-state index in [1.165, 1.54) is 12.1 Å². The molecule has 7 heteroatoms. The van der Waals surface area contributed by atoms with E-state index in [2.05, 4.69) is 15.2 Å². The third-order valence-corrected chi connectivity index (χ3v) is 4.90. The van der Waals surface area contributed by atoms with Gasteiger partial charge in [-0.25, -0.2) is 9.37 Å². The van der Waals surface area contributed by atoms with Crippen molar-refractivity contribution in [2.24, 2.45) is 0 Å². The fraction of sp³-hybridized carbons (Fsp3) is 0.0455. The van der Waals surface area contributed by atoms with Gasteiger partial charge in [0.15, 0.2) is 5.65 Å². The number of rotatable bonds is 3. The Balaban J connectivity index is 1.87. The van der Waals surface area contributed by atoms with E-state index in [9.17, 15) is 9.60 Å². The predicted molar refractivity (Wildman–Crippen MR) is 108 cm³/mol. The smallest absolute Gasteiger partial charge is 0.156 e. The van der Waals surface area contributed by atoms with Crippen molar-refractivity contribution in [1.29, 1.82) is 0 Å². The number of aromatic nitrogens is 4. The van der Waals surface area contributed by atoms with Crippen LogP contribution in [0.15, 0.2) is 73.3 Å². The van der Waals surface area contributed by atoms with E-state index < -0.39 is 0 Å². The molecule has 6 nitrogen and oxygen atoms in total. The van der Waals surface area contributed by atoms with Crippen molar-refractivity contribution in [2.75, 3.05) is 6.54 Å². The summed E-state index contributed by atoms with van der Waals surface area (Å²) in [6.45, 7) is 0.370. The summed E-state index contributed by atoms with van der Waals surface area (Å²) in [7, 11) is 0. The molecular weight excluding hydrogens is 369 g/mol. The van der Waals surface area contributed by atoms with Gasteiger partial charge in [0.2, 0.25) is 0 Å². The highest BCUT2D eigenvalue weighted by Crippen LogP contribution is 2.41. The van der Waals surface area contributed by atoms with E-state index in [0.717, 1.165) is 38.3 Å². The van der Waals surface area contributed by atoms with Gasteiger partial charge in [-0.05, 0) is 53.6 Å². The first-order chi connectivity index (χ1) is 14.2. The molecule has 2 N–H and O–H groups in total. The molecule has 4 heterocycles. The van der Waals surface area contributed by atoms with Gasteiger partial charge < -0.3 is 0 Å². The van der Waals surface area contributed by atoms with Crippen LogP contribution in [0.25, 0.3) is 39.0 Å². The summed E-state index contributed by atoms with van der Waals surface area (Å²) >= 11 is 0. The highest BCUT2D eigenvalue weighted by atomic mass is 19.1. The Morgan fingerprint density at radius 2 is 1.79 bits per heavy atom. The van der Waals surface area contributed by atoms with Gasteiger partial charge in [-0.2, -0.15) is 5.10 Å². The van der Waals surface area contributed by atoms with Gasteiger partial charge in [0, 0.05) is 40.7 Å². The van der Waals surface area contributed by atoms with Gasteiger partial charge in [-0.3, -0.25) is 20.4 Å². The number of aromatic amines is 1. The molecule has 1 aromatic carbocycles. The monoisotopic (exact) mass is 385 g/mol. The molecule has 29 heavy (non-hydrogen) atoms. The maximum absolute atomic E-state index is 13.5. The van der Waals surface area contributed by atoms with Crippen LogP contribution in [0, 0.1) is 5.82 Å². The van der Waals surface area contributed by atoms with Crippen LogP contribution in [0.3, 0.4) is 0 Å². The molecule has 0 radical (unpaired) electrons. The van der Waals surface area contributed by atoms with Crippen LogP contribution in [-0.2, 0) is 0 Å². The van der Waals surface area contributed by atoms with Gasteiger partial charge >= 0.3 is 0 Å². The lowest BCUT2D eigenvalue weighted by atomic mass is 9.89. The molecule has 142 valence electrons. The van der Waals surface area contributed by atoms with E-state index in [4.69, 9.17) is 4.98 Å². The molecule has 0 saturated heterocycles. The fourth-order valence-corrected chi connectivity index (χ4v) is 3.56. The average Bonchev–Trinajstić information content (AvgIpc) is 3.23. The minimum atomic E-state index is -0.303. The molecule has 0 bridgehead atoms. The molecule has 4 aromatic rings. The number of hydroxylamine groups is 2. The zero-order valence-corrected chi connectivity index (χ0v) is 15.2. The first-order valence-corrected chi connectivity index (χ1v) is 9.08. The van der Waals surface area contributed by atoms with E-state index in [-0.39, 0.29) is 5.82 Å². The topological polar surface area (TPSA) is 77.9 Å². The third-order valence-electron chi connectivity index (χ3n) is 4.90. The van der Waals surface area contributed by atoms with Gasteiger partial charge in [0.1, 0.15) is 5.82 Å². The molecule has 0 spiro atoms. The van der Waals surface area contributed by atoms with Crippen LogP contribution in [0.2, 0.25) is 0 Å². The second-order valence-electron chi connectivity index (χ2n) is 6.68. The minimum absolute atomic E-state index is 0.303. The second kappa shape index (κ2) is 6.96. The van der Waals surface area contributed by atoms with Crippen molar-refractivity contribution in [3.05, 3.63) is 84.7 Å². The number of nitrogens with zero attached hydrogens (tertiary/aromatic N) is 4. The SMILES string of the molecule is ON1C=CC(c2c(-c3ccncc3)c(-c3ccc(F)cc3)nc3[nH]ncc23)=CC1. The number of H-pyrrole nitrogens is 1. The first-order valence-electron chi connectivity index (χ1n) is 9.08. The van der Waals surface area contributed by atoms with Gasteiger partial charge in [0.25, 0.3) is 0 Å². The maximum atomic E-state index is 13.5. The Morgan fingerprint density at radius 3 is 2.52 bits per heavy atom. The van der Waals surface area contributed by atoms with Crippen molar-refractivity contribution < 1.29 is 9.60 Å².